The summed E-state index contributed by atoms with van der Waals surface area (Å²) < 4.78 is 67.9. The fourth-order valence-electron chi connectivity index (χ4n) is 1.99. The minimum absolute atomic E-state index is 0.121. The van der Waals surface area contributed by atoms with E-state index in [1.54, 1.807) is 10.8 Å². The van der Waals surface area contributed by atoms with Crippen molar-refractivity contribution in [3.63, 3.8) is 0 Å². The molecule has 1 N–H and O–H groups in total. The number of sulfonamides is 1. The van der Waals surface area contributed by atoms with Crippen LogP contribution in [0.3, 0.4) is 0 Å². The maximum absolute atomic E-state index is 12.9. The van der Waals surface area contributed by atoms with Crippen molar-refractivity contribution in [3.05, 3.63) is 58.1 Å². The first-order valence-electron chi connectivity index (χ1n) is 7.01. The molecule has 27 heavy (non-hydrogen) atoms. The van der Waals surface area contributed by atoms with Crippen LogP contribution in [0.4, 0.5) is 13.2 Å². The zero-order valence-electron chi connectivity index (χ0n) is 13.5. The molecule has 0 unspecified atom stereocenters. The molecular formula is C16H10ClF3N2O4S. The molecule has 0 aliphatic rings. The third-order valence-electron chi connectivity index (χ3n) is 3.11. The second-order valence-corrected chi connectivity index (χ2v) is 7.42. The predicted molar refractivity (Wildman–Crippen MR) is 90.0 cm³/mol. The monoisotopic (exact) mass is 418 g/mol. The van der Waals surface area contributed by atoms with E-state index in [0.717, 1.165) is 30.5 Å². The quantitative estimate of drug-likeness (QED) is 0.816. The average molecular weight is 419 g/mol. The molecule has 142 valence electrons. The van der Waals surface area contributed by atoms with Crippen molar-refractivity contribution in [2.75, 3.05) is 6.26 Å². The van der Waals surface area contributed by atoms with Gasteiger partial charge in [-0.2, -0.15) is 18.4 Å². The number of nitriles is 1. The van der Waals surface area contributed by atoms with E-state index in [4.69, 9.17) is 16.3 Å². The highest BCUT2D eigenvalue weighted by Crippen LogP contribution is 2.38. The molecule has 0 saturated heterocycles. The number of hydrogen-bond donors (Lipinski definition) is 1. The zero-order chi connectivity index (χ0) is 20.4. The number of hydrogen-bond acceptors (Lipinski definition) is 5. The van der Waals surface area contributed by atoms with E-state index in [1.165, 1.54) is 6.07 Å². The van der Waals surface area contributed by atoms with Crippen LogP contribution in [-0.2, 0) is 16.2 Å². The minimum atomic E-state index is -4.69. The Bertz CT molecular complexity index is 1050. The molecule has 0 fully saturated rings. The number of rotatable bonds is 4. The number of alkyl halides is 3. The average Bonchev–Trinajstić information content (AvgIpc) is 2.54. The van der Waals surface area contributed by atoms with Gasteiger partial charge in [-0.3, -0.25) is 4.79 Å². The third-order valence-corrected chi connectivity index (χ3v) is 4.00. The van der Waals surface area contributed by atoms with Gasteiger partial charge in [-0.1, -0.05) is 11.6 Å². The van der Waals surface area contributed by atoms with Crippen LogP contribution in [0.15, 0.2) is 36.4 Å². The number of amides is 1. The van der Waals surface area contributed by atoms with Crippen LogP contribution in [0, 0.1) is 11.3 Å². The lowest BCUT2D eigenvalue weighted by Crippen LogP contribution is -2.29. The van der Waals surface area contributed by atoms with Gasteiger partial charge < -0.3 is 4.74 Å². The number of benzene rings is 2. The Balaban J connectivity index is 2.36. The molecule has 0 bridgehead atoms. The van der Waals surface area contributed by atoms with Crippen LogP contribution in [-0.4, -0.2) is 20.6 Å². The molecule has 2 aromatic carbocycles. The molecule has 0 spiro atoms. The number of carbonyl (C=O) groups excluding carboxylic acids is 1. The summed E-state index contributed by atoms with van der Waals surface area (Å²) in [6.45, 7) is 0. The third kappa shape index (κ3) is 5.35. The summed E-state index contributed by atoms with van der Waals surface area (Å²) in [4.78, 5) is 11.8. The standard InChI is InChI=1S/C16H10ClF3N2O4S/c1-27(24,25)22-15(23)9-2-5-14(10(6-9)8-21)26-11-3-4-13(17)12(7-11)16(18,19)20/h2-7H,1H3,(H,22,23). The number of nitrogens with one attached hydrogen (secondary N) is 1. The van der Waals surface area contributed by atoms with Gasteiger partial charge in [0.15, 0.2) is 0 Å². The number of carbonyl (C=O) groups is 1. The highest BCUT2D eigenvalue weighted by molar-refractivity contribution is 7.89. The first-order valence-corrected chi connectivity index (χ1v) is 9.28. The summed E-state index contributed by atoms with van der Waals surface area (Å²) >= 11 is 5.53. The lowest BCUT2D eigenvalue weighted by atomic mass is 10.1. The Labute approximate surface area is 157 Å². The van der Waals surface area contributed by atoms with E-state index in [9.17, 15) is 31.6 Å². The second kappa shape index (κ2) is 7.46. The van der Waals surface area contributed by atoms with E-state index in [1.807, 2.05) is 0 Å². The molecule has 0 aromatic heterocycles. The maximum Gasteiger partial charge on any atom is 0.417 e. The fourth-order valence-corrected chi connectivity index (χ4v) is 2.67. The first kappa shape index (κ1) is 20.5. The molecule has 0 aliphatic carbocycles. The van der Waals surface area contributed by atoms with E-state index in [2.05, 4.69) is 0 Å². The Hall–Kier alpha value is -2.77. The van der Waals surface area contributed by atoms with Gasteiger partial charge in [0.25, 0.3) is 5.91 Å². The summed E-state index contributed by atoms with van der Waals surface area (Å²) in [5.74, 6) is -1.31. The van der Waals surface area contributed by atoms with Gasteiger partial charge in [0.2, 0.25) is 10.0 Å². The molecular weight excluding hydrogens is 409 g/mol. The molecule has 11 heteroatoms. The zero-order valence-corrected chi connectivity index (χ0v) is 15.0. The van der Waals surface area contributed by atoms with Gasteiger partial charge in [0.1, 0.15) is 17.6 Å². The summed E-state index contributed by atoms with van der Waals surface area (Å²) in [6.07, 6.45) is -3.91. The van der Waals surface area contributed by atoms with E-state index >= 15 is 0 Å². The van der Waals surface area contributed by atoms with Crippen molar-refractivity contribution in [2.24, 2.45) is 0 Å². The van der Waals surface area contributed by atoms with Gasteiger partial charge in [-0.15, -0.1) is 0 Å². The molecule has 0 atom stereocenters. The summed E-state index contributed by atoms with van der Waals surface area (Å²) in [6, 6.07) is 7.97. The van der Waals surface area contributed by atoms with Crippen LogP contribution < -0.4 is 9.46 Å². The number of ether oxygens (including phenoxy) is 1. The van der Waals surface area contributed by atoms with Crippen LogP contribution in [0.2, 0.25) is 5.02 Å². The normalized spacial score (nSPS) is 11.6. The lowest BCUT2D eigenvalue weighted by Gasteiger charge is -2.13. The predicted octanol–water partition coefficient (Wildman–Crippen LogP) is 3.71. The van der Waals surface area contributed by atoms with Crippen molar-refractivity contribution in [1.29, 1.82) is 5.26 Å². The second-order valence-electron chi connectivity index (χ2n) is 5.27. The smallest absolute Gasteiger partial charge is 0.417 e. The number of nitrogens with zero attached hydrogens (tertiary/aromatic N) is 1. The fraction of sp³-hybridized carbons (Fsp3) is 0.125. The van der Waals surface area contributed by atoms with Crippen molar-refractivity contribution in [2.45, 2.75) is 6.18 Å². The van der Waals surface area contributed by atoms with Crippen LogP contribution in [0.25, 0.3) is 0 Å². The molecule has 2 rings (SSSR count). The van der Waals surface area contributed by atoms with Crippen molar-refractivity contribution >= 4 is 27.5 Å². The van der Waals surface area contributed by atoms with E-state index in [0.29, 0.717) is 6.07 Å². The van der Waals surface area contributed by atoms with Gasteiger partial charge in [-0.05, 0) is 36.4 Å². The molecule has 6 nitrogen and oxygen atoms in total. The number of halogens is 4. The molecule has 1 amide bonds. The molecule has 0 aliphatic heterocycles. The Morgan fingerprint density at radius 2 is 1.89 bits per heavy atom. The summed E-state index contributed by atoms with van der Waals surface area (Å²) in [5.41, 5.74) is -1.43. The SMILES string of the molecule is CS(=O)(=O)NC(=O)c1ccc(Oc2ccc(Cl)c(C(F)(F)F)c2)c(C#N)c1. The van der Waals surface area contributed by atoms with Gasteiger partial charge in [-0.25, -0.2) is 13.1 Å². The molecule has 2 aromatic rings. The van der Waals surface area contributed by atoms with Gasteiger partial charge in [0.05, 0.1) is 22.4 Å². The first-order chi connectivity index (χ1) is 12.4. The molecule has 0 radical (unpaired) electrons. The molecule has 0 saturated carbocycles. The lowest BCUT2D eigenvalue weighted by molar-refractivity contribution is -0.137. The highest BCUT2D eigenvalue weighted by atomic mass is 35.5. The van der Waals surface area contributed by atoms with Crippen molar-refractivity contribution in [1.82, 2.24) is 4.72 Å². The van der Waals surface area contributed by atoms with Crippen LogP contribution >= 0.6 is 11.6 Å². The largest absolute Gasteiger partial charge is 0.456 e. The minimum Gasteiger partial charge on any atom is -0.456 e. The Morgan fingerprint density at radius 1 is 1.22 bits per heavy atom. The maximum atomic E-state index is 12.9. The Kier molecular flexibility index (Phi) is 5.67. The van der Waals surface area contributed by atoms with Crippen molar-refractivity contribution < 1.29 is 31.1 Å². The van der Waals surface area contributed by atoms with E-state index in [-0.39, 0.29) is 22.6 Å². The topological polar surface area (TPSA) is 96.3 Å². The van der Waals surface area contributed by atoms with E-state index < -0.39 is 32.7 Å². The van der Waals surface area contributed by atoms with Crippen LogP contribution in [0.1, 0.15) is 21.5 Å². The van der Waals surface area contributed by atoms with Crippen LogP contribution in [0.5, 0.6) is 11.5 Å². The molecule has 0 heterocycles. The van der Waals surface area contributed by atoms with Gasteiger partial charge >= 0.3 is 6.18 Å². The van der Waals surface area contributed by atoms with Gasteiger partial charge in [0, 0.05) is 5.56 Å². The summed E-state index contributed by atoms with van der Waals surface area (Å²) in [5, 5.41) is 8.67. The summed E-state index contributed by atoms with van der Waals surface area (Å²) in [7, 11) is -3.81. The van der Waals surface area contributed by atoms with Crippen molar-refractivity contribution in [3.8, 4) is 17.6 Å². The highest BCUT2D eigenvalue weighted by Gasteiger charge is 2.33. The Morgan fingerprint density at radius 3 is 2.44 bits per heavy atom.